The van der Waals surface area contributed by atoms with E-state index in [0.29, 0.717) is 10.8 Å². The third-order valence-electron chi connectivity index (χ3n) is 7.14. The molecule has 0 unspecified atom stereocenters. The van der Waals surface area contributed by atoms with Gasteiger partial charge in [0.25, 0.3) is 0 Å². The molecule has 6 aromatic rings. The van der Waals surface area contributed by atoms with Crippen LogP contribution < -0.4 is 0 Å². The van der Waals surface area contributed by atoms with Crippen molar-refractivity contribution in [1.82, 2.24) is 9.13 Å². The van der Waals surface area contributed by atoms with Gasteiger partial charge in [-0.1, -0.05) is 72.8 Å². The minimum absolute atomic E-state index is 0.227. The molecule has 0 aliphatic rings. The number of halogens is 3. The first-order valence-electron chi connectivity index (χ1n) is 11.8. The molecule has 2 aromatic heterocycles. The van der Waals surface area contributed by atoms with Crippen molar-refractivity contribution in [3.63, 3.8) is 0 Å². The maximum absolute atomic E-state index is 15.3. The van der Waals surface area contributed by atoms with Gasteiger partial charge in [-0.2, -0.15) is 13.2 Å². The van der Waals surface area contributed by atoms with Crippen molar-refractivity contribution in [2.75, 3.05) is 0 Å². The van der Waals surface area contributed by atoms with Crippen molar-refractivity contribution in [2.24, 2.45) is 0 Å². The first kappa shape index (κ1) is 22.2. The molecule has 4 aromatic carbocycles. The summed E-state index contributed by atoms with van der Waals surface area (Å²) in [5, 5.41) is 1.16. The highest BCUT2D eigenvalue weighted by molar-refractivity contribution is 5.91. The molecule has 36 heavy (non-hydrogen) atoms. The predicted molar refractivity (Wildman–Crippen MR) is 139 cm³/mol. The van der Waals surface area contributed by atoms with E-state index in [-0.39, 0.29) is 11.1 Å². The summed E-state index contributed by atoms with van der Waals surface area (Å²) in [6.45, 7) is 1.31. The minimum atomic E-state index is -4.55. The van der Waals surface area contributed by atoms with Crippen molar-refractivity contribution in [2.45, 2.75) is 18.5 Å². The summed E-state index contributed by atoms with van der Waals surface area (Å²) in [7, 11) is 0. The van der Waals surface area contributed by atoms with Crippen LogP contribution in [0, 0.1) is 0 Å². The van der Waals surface area contributed by atoms with Gasteiger partial charge in [0.2, 0.25) is 0 Å². The average Bonchev–Trinajstić information content (AvgIpc) is 3.49. The second-order valence-corrected chi connectivity index (χ2v) is 9.15. The van der Waals surface area contributed by atoms with Gasteiger partial charge in [-0.05, 0) is 54.4 Å². The number of aromatic nitrogens is 2. The third-order valence-corrected chi connectivity index (χ3v) is 7.14. The summed E-state index contributed by atoms with van der Waals surface area (Å²) in [5.74, 6) is 0. The van der Waals surface area contributed by atoms with Gasteiger partial charge in [0.1, 0.15) is 5.41 Å². The SMILES string of the molecule is CC(c1cn(-c2ccccc2)c2ccccc12)(c1cn(-c2ccccc2)c2ccccc12)C(F)(F)F. The summed E-state index contributed by atoms with van der Waals surface area (Å²) in [6, 6.07) is 33.6. The molecular formula is C31H23F3N2. The van der Waals surface area contributed by atoms with Crippen molar-refractivity contribution in [1.29, 1.82) is 0 Å². The normalized spacial score (nSPS) is 12.4. The summed E-state index contributed by atoms with van der Waals surface area (Å²) >= 11 is 0. The molecule has 0 spiro atoms. The standard InChI is InChI=1S/C31H23F3N2/c1-30(31(32,33)34,26-20-35(22-12-4-2-5-13-22)28-18-10-8-16-24(26)28)27-21-36(23-14-6-3-7-15-23)29-19-11-9-17-25(27)29/h2-21H,1H3. The Bertz CT molecular complexity index is 1560. The van der Waals surface area contributed by atoms with E-state index in [1.165, 1.54) is 6.92 Å². The molecule has 0 bridgehead atoms. The van der Waals surface area contributed by atoms with E-state index in [0.717, 1.165) is 22.4 Å². The van der Waals surface area contributed by atoms with E-state index in [1.54, 1.807) is 36.7 Å². The van der Waals surface area contributed by atoms with Gasteiger partial charge in [0.15, 0.2) is 0 Å². The largest absolute Gasteiger partial charge is 0.402 e. The fraction of sp³-hybridized carbons (Fsp3) is 0.0968. The maximum Gasteiger partial charge on any atom is 0.402 e. The van der Waals surface area contributed by atoms with Crippen LogP contribution in [0.1, 0.15) is 18.1 Å². The molecule has 0 fully saturated rings. The van der Waals surface area contributed by atoms with Crippen molar-refractivity contribution in [3.05, 3.63) is 133 Å². The minimum Gasteiger partial charge on any atom is -0.316 e. The molecule has 6 rings (SSSR count). The molecule has 0 saturated carbocycles. The quantitative estimate of drug-likeness (QED) is 0.240. The van der Waals surface area contributed by atoms with E-state index in [4.69, 9.17) is 0 Å². The average molecular weight is 481 g/mol. The number of hydrogen-bond acceptors (Lipinski definition) is 0. The second-order valence-electron chi connectivity index (χ2n) is 9.15. The van der Waals surface area contributed by atoms with Crippen LogP contribution in [0.2, 0.25) is 0 Å². The number of fused-ring (bicyclic) bond motifs is 2. The summed E-state index contributed by atoms with van der Waals surface area (Å²) in [4.78, 5) is 0. The van der Waals surface area contributed by atoms with E-state index in [9.17, 15) is 0 Å². The zero-order valence-corrected chi connectivity index (χ0v) is 19.6. The molecule has 0 aliphatic carbocycles. The molecule has 5 heteroatoms. The Kier molecular flexibility index (Phi) is 5.04. The Morgan fingerprint density at radius 2 is 0.861 bits per heavy atom. The molecule has 0 saturated heterocycles. The Labute approximate surface area is 206 Å². The molecule has 2 heterocycles. The molecule has 0 N–H and O–H groups in total. The molecule has 0 radical (unpaired) electrons. The van der Waals surface area contributed by atoms with E-state index in [1.807, 2.05) is 94.1 Å². The smallest absolute Gasteiger partial charge is 0.316 e. The highest BCUT2D eigenvalue weighted by Crippen LogP contribution is 2.51. The molecular weight excluding hydrogens is 457 g/mol. The molecule has 2 nitrogen and oxygen atoms in total. The first-order valence-corrected chi connectivity index (χ1v) is 11.8. The molecule has 0 aliphatic heterocycles. The summed E-state index contributed by atoms with van der Waals surface area (Å²) in [5.41, 5.74) is 1.30. The van der Waals surface area contributed by atoms with Crippen molar-refractivity contribution < 1.29 is 13.2 Å². The van der Waals surface area contributed by atoms with Gasteiger partial charge in [-0.25, -0.2) is 0 Å². The third kappa shape index (κ3) is 3.27. The van der Waals surface area contributed by atoms with E-state index >= 15 is 13.2 Å². The van der Waals surface area contributed by atoms with Crippen LogP contribution in [0.25, 0.3) is 33.2 Å². The number of hydrogen-bond donors (Lipinski definition) is 0. The van der Waals surface area contributed by atoms with Gasteiger partial charge in [-0.3, -0.25) is 0 Å². The number of nitrogens with zero attached hydrogens (tertiary/aromatic N) is 2. The van der Waals surface area contributed by atoms with Crippen LogP contribution >= 0.6 is 0 Å². The number of para-hydroxylation sites is 4. The number of rotatable bonds is 4. The number of benzene rings is 4. The topological polar surface area (TPSA) is 9.86 Å². The number of alkyl halides is 3. The lowest BCUT2D eigenvalue weighted by atomic mass is 9.75. The van der Waals surface area contributed by atoms with Crippen LogP contribution in [0.5, 0.6) is 0 Å². The summed E-state index contributed by atoms with van der Waals surface area (Å²) < 4.78 is 49.7. The maximum atomic E-state index is 15.3. The highest BCUT2D eigenvalue weighted by Gasteiger charge is 2.56. The fourth-order valence-corrected chi connectivity index (χ4v) is 5.21. The Morgan fingerprint density at radius 3 is 1.25 bits per heavy atom. The Hall–Kier alpha value is -4.25. The van der Waals surface area contributed by atoms with Gasteiger partial charge in [0, 0.05) is 34.5 Å². The van der Waals surface area contributed by atoms with Crippen LogP contribution in [0.15, 0.2) is 122 Å². The van der Waals surface area contributed by atoms with Crippen LogP contribution in [-0.2, 0) is 5.41 Å². The van der Waals surface area contributed by atoms with Crippen LogP contribution in [0.3, 0.4) is 0 Å². The van der Waals surface area contributed by atoms with Gasteiger partial charge >= 0.3 is 6.18 Å². The van der Waals surface area contributed by atoms with E-state index in [2.05, 4.69) is 0 Å². The Morgan fingerprint density at radius 1 is 0.500 bits per heavy atom. The summed E-state index contributed by atoms with van der Waals surface area (Å²) in [6.07, 6.45) is -1.24. The lowest BCUT2D eigenvalue weighted by Gasteiger charge is -2.32. The van der Waals surface area contributed by atoms with Gasteiger partial charge in [0.05, 0.1) is 11.0 Å². The monoisotopic (exact) mass is 480 g/mol. The van der Waals surface area contributed by atoms with Crippen LogP contribution in [-0.4, -0.2) is 15.3 Å². The van der Waals surface area contributed by atoms with Crippen molar-refractivity contribution in [3.8, 4) is 11.4 Å². The lowest BCUT2D eigenvalue weighted by molar-refractivity contribution is -0.172. The fourth-order valence-electron chi connectivity index (χ4n) is 5.21. The molecule has 0 amide bonds. The van der Waals surface area contributed by atoms with Crippen molar-refractivity contribution >= 4 is 21.8 Å². The highest BCUT2D eigenvalue weighted by atomic mass is 19.4. The molecule has 0 atom stereocenters. The first-order chi connectivity index (χ1) is 17.4. The Balaban J connectivity index is 1.69. The van der Waals surface area contributed by atoms with E-state index < -0.39 is 11.6 Å². The molecule has 178 valence electrons. The predicted octanol–water partition coefficient (Wildman–Crippen LogP) is 8.44. The zero-order chi connectivity index (χ0) is 24.9. The van der Waals surface area contributed by atoms with Gasteiger partial charge < -0.3 is 9.13 Å². The zero-order valence-electron chi connectivity index (χ0n) is 19.6. The second kappa shape index (κ2) is 8.16. The lowest BCUT2D eigenvalue weighted by Crippen LogP contribution is -2.40. The van der Waals surface area contributed by atoms with Gasteiger partial charge in [-0.15, -0.1) is 0 Å². The van der Waals surface area contributed by atoms with Crippen LogP contribution in [0.4, 0.5) is 13.2 Å².